The van der Waals surface area contributed by atoms with Crippen molar-refractivity contribution in [2.24, 2.45) is 0 Å². The van der Waals surface area contributed by atoms with Crippen molar-refractivity contribution < 1.29 is 22.3 Å². The number of benzene rings is 4. The molecule has 8 heteroatoms. The number of hydrogen-bond donors (Lipinski definition) is 1. The Kier molecular flexibility index (Phi) is 8.43. The fourth-order valence-corrected chi connectivity index (χ4v) is 5.45. The lowest BCUT2D eigenvalue weighted by molar-refractivity contribution is -0.119. The van der Waals surface area contributed by atoms with Crippen LogP contribution in [0, 0.1) is 19.7 Å². The van der Waals surface area contributed by atoms with E-state index in [1.165, 1.54) is 24.3 Å². The molecule has 0 aromatic heterocycles. The molecule has 0 saturated heterocycles. The van der Waals surface area contributed by atoms with Crippen LogP contribution in [0.4, 0.5) is 10.1 Å². The molecule has 4 aromatic rings. The Hall–Kier alpha value is -4.17. The molecule has 0 fully saturated rings. The molecule has 0 radical (unpaired) electrons. The summed E-state index contributed by atoms with van der Waals surface area (Å²) < 4.78 is 46.9. The third kappa shape index (κ3) is 6.77. The zero-order chi connectivity index (χ0) is 27.1. The SMILES string of the molecule is Cc1ccc(N(CC(=O)NCc2ccc(OCc3ccc(F)cc3)cc2)S(=O)(=O)c2ccccc2)c(C)c1. The van der Waals surface area contributed by atoms with Crippen molar-refractivity contribution in [3.8, 4) is 5.75 Å². The van der Waals surface area contributed by atoms with Crippen molar-refractivity contribution >= 4 is 21.6 Å². The lowest BCUT2D eigenvalue weighted by Crippen LogP contribution is -2.41. The van der Waals surface area contributed by atoms with Crippen molar-refractivity contribution in [2.75, 3.05) is 10.8 Å². The summed E-state index contributed by atoms with van der Waals surface area (Å²) in [5.74, 6) is -0.0876. The van der Waals surface area contributed by atoms with Crippen molar-refractivity contribution in [3.63, 3.8) is 0 Å². The molecule has 0 saturated carbocycles. The molecular weight excluding hydrogens is 503 g/mol. The van der Waals surface area contributed by atoms with E-state index < -0.39 is 15.9 Å². The maximum absolute atomic E-state index is 13.5. The van der Waals surface area contributed by atoms with Gasteiger partial charge in [0, 0.05) is 6.54 Å². The van der Waals surface area contributed by atoms with Crippen LogP contribution in [-0.2, 0) is 28.0 Å². The highest BCUT2D eigenvalue weighted by atomic mass is 32.2. The van der Waals surface area contributed by atoms with E-state index in [-0.39, 0.29) is 23.8 Å². The highest BCUT2D eigenvalue weighted by molar-refractivity contribution is 7.92. The Morgan fingerprint density at radius 1 is 0.868 bits per heavy atom. The van der Waals surface area contributed by atoms with Gasteiger partial charge in [0.2, 0.25) is 5.91 Å². The van der Waals surface area contributed by atoms with Gasteiger partial charge in [-0.1, -0.05) is 60.2 Å². The summed E-state index contributed by atoms with van der Waals surface area (Å²) in [5, 5.41) is 2.81. The lowest BCUT2D eigenvalue weighted by atomic mass is 10.1. The standard InChI is InChI=1S/C30H29FN2O4S/c1-22-8-17-29(23(2)18-22)33(38(35,36)28-6-4-3-5-7-28)20-30(34)32-19-24-11-15-27(16-12-24)37-21-25-9-13-26(31)14-10-25/h3-18H,19-21H2,1-2H3,(H,32,34). The average molecular weight is 533 g/mol. The summed E-state index contributed by atoms with van der Waals surface area (Å²) in [6.45, 7) is 3.93. The highest BCUT2D eigenvalue weighted by Gasteiger charge is 2.28. The van der Waals surface area contributed by atoms with E-state index in [0.717, 1.165) is 26.6 Å². The molecule has 4 aromatic carbocycles. The van der Waals surface area contributed by atoms with Gasteiger partial charge in [0.25, 0.3) is 10.0 Å². The van der Waals surface area contributed by atoms with Crippen molar-refractivity contribution in [3.05, 3.63) is 125 Å². The number of carbonyl (C=O) groups excluding carboxylic acids is 1. The quantitative estimate of drug-likeness (QED) is 0.291. The molecule has 0 spiro atoms. The van der Waals surface area contributed by atoms with E-state index in [1.807, 2.05) is 38.1 Å². The molecule has 0 unspecified atom stereocenters. The Morgan fingerprint density at radius 2 is 1.53 bits per heavy atom. The number of sulfonamides is 1. The van der Waals surface area contributed by atoms with E-state index in [9.17, 15) is 17.6 Å². The van der Waals surface area contributed by atoms with E-state index in [0.29, 0.717) is 18.0 Å². The van der Waals surface area contributed by atoms with Crippen LogP contribution in [0.5, 0.6) is 5.75 Å². The molecule has 0 heterocycles. The minimum atomic E-state index is -3.97. The first-order valence-corrected chi connectivity index (χ1v) is 13.5. The van der Waals surface area contributed by atoms with Crippen LogP contribution in [0.3, 0.4) is 0 Å². The van der Waals surface area contributed by atoms with Crippen molar-refractivity contribution in [2.45, 2.75) is 31.9 Å². The summed E-state index contributed by atoms with van der Waals surface area (Å²) >= 11 is 0. The first kappa shape index (κ1) is 26.9. The number of rotatable bonds is 10. The normalized spacial score (nSPS) is 11.1. The smallest absolute Gasteiger partial charge is 0.264 e. The first-order chi connectivity index (χ1) is 18.2. The molecule has 4 rings (SSSR count). The number of hydrogen-bond acceptors (Lipinski definition) is 4. The van der Waals surface area contributed by atoms with Crippen LogP contribution in [0.2, 0.25) is 0 Å². The van der Waals surface area contributed by atoms with Gasteiger partial charge in [-0.25, -0.2) is 12.8 Å². The van der Waals surface area contributed by atoms with E-state index in [1.54, 1.807) is 48.5 Å². The summed E-state index contributed by atoms with van der Waals surface area (Å²) in [6.07, 6.45) is 0. The van der Waals surface area contributed by atoms with Gasteiger partial charge < -0.3 is 10.1 Å². The summed E-state index contributed by atoms with van der Waals surface area (Å²) in [4.78, 5) is 13.1. The summed E-state index contributed by atoms with van der Waals surface area (Å²) in [5.41, 5.74) is 3.89. The third-order valence-corrected chi connectivity index (χ3v) is 7.75. The molecule has 196 valence electrons. The number of nitrogens with one attached hydrogen (secondary N) is 1. The van der Waals surface area contributed by atoms with Gasteiger partial charge in [-0.05, 0) is 73.0 Å². The summed E-state index contributed by atoms with van der Waals surface area (Å²) in [7, 11) is -3.97. The number of halogens is 1. The van der Waals surface area contributed by atoms with Gasteiger partial charge in [0.15, 0.2) is 0 Å². The van der Waals surface area contributed by atoms with Gasteiger partial charge in [-0.3, -0.25) is 9.10 Å². The second-order valence-corrected chi connectivity index (χ2v) is 10.8. The lowest BCUT2D eigenvalue weighted by Gasteiger charge is -2.26. The van der Waals surface area contributed by atoms with Crippen LogP contribution in [0.25, 0.3) is 0 Å². The molecule has 0 aliphatic heterocycles. The van der Waals surface area contributed by atoms with E-state index in [2.05, 4.69) is 5.32 Å². The molecule has 0 aliphatic carbocycles. The van der Waals surface area contributed by atoms with Gasteiger partial charge >= 0.3 is 0 Å². The van der Waals surface area contributed by atoms with Crippen LogP contribution in [0.15, 0.2) is 102 Å². The Balaban J connectivity index is 1.42. The Labute approximate surface area is 222 Å². The number of carbonyl (C=O) groups is 1. The predicted molar refractivity (Wildman–Crippen MR) is 146 cm³/mol. The maximum atomic E-state index is 13.5. The molecule has 1 amide bonds. The number of amides is 1. The highest BCUT2D eigenvalue weighted by Crippen LogP contribution is 2.27. The molecule has 38 heavy (non-hydrogen) atoms. The Bertz CT molecular complexity index is 1490. The zero-order valence-electron chi connectivity index (χ0n) is 21.2. The number of anilines is 1. The maximum Gasteiger partial charge on any atom is 0.264 e. The molecule has 0 bridgehead atoms. The second-order valence-electron chi connectivity index (χ2n) is 8.95. The van der Waals surface area contributed by atoms with Crippen LogP contribution in [-0.4, -0.2) is 20.9 Å². The van der Waals surface area contributed by atoms with Crippen molar-refractivity contribution in [1.29, 1.82) is 0 Å². The predicted octanol–water partition coefficient (Wildman–Crippen LogP) is 5.53. The third-order valence-electron chi connectivity index (χ3n) is 5.97. The fourth-order valence-electron chi connectivity index (χ4n) is 3.94. The first-order valence-electron chi connectivity index (χ1n) is 12.1. The van der Waals surface area contributed by atoms with Crippen LogP contribution >= 0.6 is 0 Å². The topological polar surface area (TPSA) is 75.7 Å². The number of aryl methyl sites for hydroxylation is 2. The monoisotopic (exact) mass is 532 g/mol. The van der Waals surface area contributed by atoms with Crippen molar-refractivity contribution in [1.82, 2.24) is 5.32 Å². The second kappa shape index (κ2) is 11.9. The molecular formula is C30H29FN2O4S. The number of nitrogens with zero attached hydrogens (tertiary/aromatic N) is 1. The average Bonchev–Trinajstić information content (AvgIpc) is 2.92. The van der Waals surface area contributed by atoms with E-state index in [4.69, 9.17) is 4.74 Å². The number of ether oxygens (including phenoxy) is 1. The van der Waals surface area contributed by atoms with Crippen LogP contribution in [0.1, 0.15) is 22.3 Å². The fraction of sp³-hybridized carbons (Fsp3) is 0.167. The summed E-state index contributed by atoms with van der Waals surface area (Å²) in [6, 6.07) is 26.8. The van der Waals surface area contributed by atoms with Gasteiger partial charge in [0.1, 0.15) is 24.7 Å². The molecule has 6 nitrogen and oxygen atoms in total. The van der Waals surface area contributed by atoms with Gasteiger partial charge in [0.05, 0.1) is 10.6 Å². The zero-order valence-corrected chi connectivity index (χ0v) is 22.0. The van der Waals surface area contributed by atoms with Gasteiger partial charge in [-0.2, -0.15) is 0 Å². The molecule has 1 N–H and O–H groups in total. The minimum absolute atomic E-state index is 0.115. The van der Waals surface area contributed by atoms with Gasteiger partial charge in [-0.15, -0.1) is 0 Å². The molecule has 0 aliphatic rings. The van der Waals surface area contributed by atoms with Crippen LogP contribution < -0.4 is 14.4 Å². The minimum Gasteiger partial charge on any atom is -0.489 e. The van der Waals surface area contributed by atoms with E-state index >= 15 is 0 Å². The molecule has 0 atom stereocenters. The largest absolute Gasteiger partial charge is 0.489 e. The Morgan fingerprint density at radius 3 is 2.18 bits per heavy atom.